The molecule has 0 fully saturated rings. The first-order valence-electron chi connectivity index (χ1n) is 6.79. The molecule has 2 heterocycles. The van der Waals surface area contributed by atoms with Gasteiger partial charge in [0.05, 0.1) is 12.2 Å². The van der Waals surface area contributed by atoms with E-state index in [9.17, 15) is 14.7 Å². The number of nitrogens with one attached hydrogen (secondary N) is 2. The van der Waals surface area contributed by atoms with E-state index in [1.54, 1.807) is 33.0 Å². The van der Waals surface area contributed by atoms with E-state index in [2.05, 4.69) is 10.6 Å². The lowest BCUT2D eigenvalue weighted by molar-refractivity contribution is 0.0364. The highest BCUT2D eigenvalue weighted by atomic mass is 16.4. The molecule has 22 heavy (non-hydrogen) atoms. The number of anilines is 1. The van der Waals surface area contributed by atoms with Gasteiger partial charge in [-0.15, -0.1) is 0 Å². The molecule has 0 radical (unpaired) electrons. The summed E-state index contributed by atoms with van der Waals surface area (Å²) in [5.41, 5.74) is -0.995. The van der Waals surface area contributed by atoms with E-state index in [1.165, 1.54) is 22.9 Å². The van der Waals surface area contributed by atoms with Gasteiger partial charge in [-0.2, -0.15) is 0 Å². The van der Waals surface area contributed by atoms with Crippen LogP contribution in [0.25, 0.3) is 0 Å². The van der Waals surface area contributed by atoms with Gasteiger partial charge < -0.3 is 24.7 Å². The van der Waals surface area contributed by atoms with Crippen LogP contribution in [-0.2, 0) is 12.6 Å². The third kappa shape index (κ3) is 3.76. The van der Waals surface area contributed by atoms with Crippen molar-refractivity contribution in [2.45, 2.75) is 19.4 Å². The van der Waals surface area contributed by atoms with Crippen molar-refractivity contribution in [3.63, 3.8) is 0 Å². The van der Waals surface area contributed by atoms with E-state index in [0.717, 1.165) is 0 Å². The topological polar surface area (TPSA) is 96.5 Å². The fourth-order valence-electron chi connectivity index (χ4n) is 1.91. The maximum Gasteiger partial charge on any atom is 0.319 e. The first kappa shape index (κ1) is 15.8. The van der Waals surface area contributed by atoms with Crippen molar-refractivity contribution in [2.75, 3.05) is 11.9 Å². The molecule has 0 aromatic carbocycles. The summed E-state index contributed by atoms with van der Waals surface area (Å²) < 4.78 is 6.73. The predicted octanol–water partition coefficient (Wildman–Crippen LogP) is 1.32. The number of hydrogen-bond donors (Lipinski definition) is 3. The van der Waals surface area contributed by atoms with Gasteiger partial charge in [0.1, 0.15) is 17.1 Å². The Morgan fingerprint density at radius 2 is 2.09 bits per heavy atom. The smallest absolute Gasteiger partial charge is 0.319 e. The molecule has 7 nitrogen and oxygen atoms in total. The number of nitrogens with zero attached hydrogens (tertiary/aromatic N) is 1. The van der Waals surface area contributed by atoms with Crippen molar-refractivity contribution < 1.29 is 14.3 Å². The average Bonchev–Trinajstić information content (AvgIpc) is 2.88. The summed E-state index contributed by atoms with van der Waals surface area (Å²) in [7, 11) is 1.59. The highest BCUT2D eigenvalue weighted by molar-refractivity contribution is 5.89. The van der Waals surface area contributed by atoms with Crippen molar-refractivity contribution in [1.82, 2.24) is 9.88 Å². The molecule has 7 heteroatoms. The number of carbonyl (C=O) groups excluding carboxylic acids is 1. The molecule has 118 valence electrons. The minimum absolute atomic E-state index is 0.0163. The zero-order chi connectivity index (χ0) is 16.3. The number of carbonyl (C=O) groups is 1. The quantitative estimate of drug-likeness (QED) is 0.793. The Kier molecular flexibility index (Phi) is 4.37. The number of rotatable bonds is 4. The first-order valence-corrected chi connectivity index (χ1v) is 6.79. The number of amides is 2. The molecule has 2 rings (SSSR count). The summed E-state index contributed by atoms with van der Waals surface area (Å²) in [6.45, 7) is 3.31. The standard InChI is InChI=1S/C15H19N3O4/c1-10-4-6-12(22-10)15(2,21)9-16-14(20)17-11-5-7-13(19)18(3)8-11/h4-8,21H,9H2,1-3H3,(H2,16,17,20). The average molecular weight is 305 g/mol. The van der Waals surface area contributed by atoms with Gasteiger partial charge in [0.15, 0.2) is 0 Å². The number of hydrogen-bond acceptors (Lipinski definition) is 4. The summed E-state index contributed by atoms with van der Waals surface area (Å²) in [5.74, 6) is 1.07. The van der Waals surface area contributed by atoms with Crippen LogP contribution in [0.1, 0.15) is 18.4 Å². The molecule has 2 amide bonds. The highest BCUT2D eigenvalue weighted by Crippen LogP contribution is 2.21. The Bertz CT molecular complexity index is 730. The van der Waals surface area contributed by atoms with E-state index in [0.29, 0.717) is 17.2 Å². The van der Waals surface area contributed by atoms with E-state index in [-0.39, 0.29) is 12.1 Å². The lowest BCUT2D eigenvalue weighted by Crippen LogP contribution is -2.40. The van der Waals surface area contributed by atoms with Gasteiger partial charge in [-0.3, -0.25) is 4.79 Å². The predicted molar refractivity (Wildman–Crippen MR) is 81.7 cm³/mol. The normalized spacial score (nSPS) is 13.5. The lowest BCUT2D eigenvalue weighted by Gasteiger charge is -2.21. The Hall–Kier alpha value is -2.54. The Balaban J connectivity index is 1.94. The minimum Gasteiger partial charge on any atom is -0.463 e. The molecule has 0 saturated carbocycles. The van der Waals surface area contributed by atoms with Gasteiger partial charge in [-0.1, -0.05) is 0 Å². The molecule has 0 bridgehead atoms. The van der Waals surface area contributed by atoms with Crippen LogP contribution < -0.4 is 16.2 Å². The van der Waals surface area contributed by atoms with Crippen LogP contribution in [0.15, 0.2) is 39.7 Å². The second-order valence-electron chi connectivity index (χ2n) is 5.36. The fraction of sp³-hybridized carbons (Fsp3) is 0.333. The van der Waals surface area contributed by atoms with Crippen LogP contribution in [0.5, 0.6) is 0 Å². The van der Waals surface area contributed by atoms with Crippen molar-refractivity contribution in [1.29, 1.82) is 0 Å². The summed E-state index contributed by atoms with van der Waals surface area (Å²) in [5, 5.41) is 15.5. The van der Waals surface area contributed by atoms with Gasteiger partial charge in [0.2, 0.25) is 5.56 Å². The van der Waals surface area contributed by atoms with Crippen LogP contribution in [-0.4, -0.2) is 22.2 Å². The molecule has 3 N–H and O–H groups in total. The van der Waals surface area contributed by atoms with E-state index < -0.39 is 11.6 Å². The lowest BCUT2D eigenvalue weighted by atomic mass is 10.0. The fourth-order valence-corrected chi connectivity index (χ4v) is 1.91. The van der Waals surface area contributed by atoms with E-state index >= 15 is 0 Å². The van der Waals surface area contributed by atoms with E-state index in [4.69, 9.17) is 4.42 Å². The van der Waals surface area contributed by atoms with Gasteiger partial charge in [-0.05, 0) is 32.0 Å². The maximum atomic E-state index is 11.8. The van der Waals surface area contributed by atoms with E-state index in [1.807, 2.05) is 0 Å². The molecule has 0 aliphatic rings. The number of aromatic nitrogens is 1. The Morgan fingerprint density at radius 1 is 1.36 bits per heavy atom. The summed E-state index contributed by atoms with van der Waals surface area (Å²) in [4.78, 5) is 23.1. The third-order valence-electron chi connectivity index (χ3n) is 3.21. The van der Waals surface area contributed by atoms with Crippen molar-refractivity contribution in [3.8, 4) is 0 Å². The molecule has 0 saturated heterocycles. The molecule has 2 aromatic rings. The van der Waals surface area contributed by atoms with Crippen molar-refractivity contribution in [2.24, 2.45) is 7.05 Å². The minimum atomic E-state index is -1.31. The van der Waals surface area contributed by atoms with Gasteiger partial charge in [0, 0.05) is 19.3 Å². The Labute approximate surface area is 127 Å². The molecular formula is C15H19N3O4. The van der Waals surface area contributed by atoms with Crippen molar-refractivity contribution in [3.05, 3.63) is 52.3 Å². The molecule has 1 unspecified atom stereocenters. The number of urea groups is 1. The second kappa shape index (κ2) is 6.07. The van der Waals surface area contributed by atoms with Crippen LogP contribution in [0, 0.1) is 6.92 Å². The van der Waals surface area contributed by atoms with Gasteiger partial charge in [0.25, 0.3) is 0 Å². The first-order chi connectivity index (χ1) is 10.3. The van der Waals surface area contributed by atoms with Crippen LogP contribution in [0.4, 0.5) is 10.5 Å². The zero-order valence-electron chi connectivity index (χ0n) is 12.7. The summed E-state index contributed by atoms with van der Waals surface area (Å²) in [6.07, 6.45) is 1.51. The molecule has 0 aliphatic heterocycles. The van der Waals surface area contributed by atoms with Gasteiger partial charge in [-0.25, -0.2) is 4.79 Å². The largest absolute Gasteiger partial charge is 0.463 e. The maximum absolute atomic E-state index is 11.8. The number of furan rings is 1. The zero-order valence-corrected chi connectivity index (χ0v) is 12.7. The Morgan fingerprint density at radius 3 is 2.68 bits per heavy atom. The highest BCUT2D eigenvalue weighted by Gasteiger charge is 2.27. The SMILES string of the molecule is Cc1ccc(C(C)(O)CNC(=O)Nc2ccc(=O)n(C)c2)o1. The number of pyridine rings is 1. The number of aliphatic hydroxyl groups is 1. The second-order valence-corrected chi connectivity index (χ2v) is 5.36. The monoisotopic (exact) mass is 305 g/mol. The molecule has 0 spiro atoms. The molecule has 0 aliphatic carbocycles. The van der Waals surface area contributed by atoms with Crippen LogP contribution in [0.2, 0.25) is 0 Å². The van der Waals surface area contributed by atoms with Crippen LogP contribution in [0.3, 0.4) is 0 Å². The van der Waals surface area contributed by atoms with Gasteiger partial charge >= 0.3 is 6.03 Å². The van der Waals surface area contributed by atoms with Crippen LogP contribution >= 0.6 is 0 Å². The van der Waals surface area contributed by atoms with Crippen molar-refractivity contribution >= 4 is 11.7 Å². The molecular weight excluding hydrogens is 286 g/mol. The number of aryl methyl sites for hydroxylation is 2. The third-order valence-corrected chi connectivity index (χ3v) is 3.21. The molecule has 2 aromatic heterocycles. The summed E-state index contributed by atoms with van der Waals surface area (Å²) >= 11 is 0. The summed E-state index contributed by atoms with van der Waals surface area (Å²) in [6, 6.07) is 5.80. The molecule has 1 atom stereocenters.